The van der Waals surface area contributed by atoms with E-state index in [0.717, 1.165) is 5.56 Å². The predicted molar refractivity (Wildman–Crippen MR) is 93.6 cm³/mol. The van der Waals surface area contributed by atoms with Crippen LogP contribution in [0, 0.1) is 0 Å². The van der Waals surface area contributed by atoms with Crippen LogP contribution in [0.2, 0.25) is 0 Å². The summed E-state index contributed by atoms with van der Waals surface area (Å²) in [5.41, 5.74) is 0.996. The van der Waals surface area contributed by atoms with Gasteiger partial charge in [0.2, 0.25) is 5.78 Å². The number of carbonyl (C=O) groups excluding carboxylic acids is 2. The zero-order valence-corrected chi connectivity index (χ0v) is 14.5. The maximum absolute atomic E-state index is 12.5. The molecule has 0 aliphatic rings. The molecule has 0 fully saturated rings. The van der Waals surface area contributed by atoms with E-state index >= 15 is 0 Å². The molecule has 3 aromatic rings. The molecule has 2 N–H and O–H groups in total. The number of carboxylic acids is 1. The van der Waals surface area contributed by atoms with Gasteiger partial charge in [0.15, 0.2) is 0 Å². The highest BCUT2D eigenvalue weighted by molar-refractivity contribution is 5.96. The number of aromatic carboxylic acids is 1. The number of aromatic nitrogens is 3. The second-order valence-electron chi connectivity index (χ2n) is 5.74. The van der Waals surface area contributed by atoms with E-state index in [2.05, 4.69) is 20.0 Å². The van der Waals surface area contributed by atoms with Crippen molar-refractivity contribution in [1.29, 1.82) is 0 Å². The van der Waals surface area contributed by atoms with Gasteiger partial charge < -0.3 is 15.2 Å². The van der Waals surface area contributed by atoms with Crippen LogP contribution in [0.3, 0.4) is 0 Å². The lowest BCUT2D eigenvalue weighted by Crippen LogP contribution is -2.28. The Balaban J connectivity index is 1.81. The van der Waals surface area contributed by atoms with Crippen molar-refractivity contribution < 1.29 is 24.2 Å². The number of rotatable bonds is 5. The maximum Gasteiger partial charge on any atom is 0.353 e. The smallest absolute Gasteiger partial charge is 0.353 e. The minimum atomic E-state index is -1.19. The van der Waals surface area contributed by atoms with Crippen LogP contribution in [0.1, 0.15) is 49.9 Å². The number of carboxylic acid groups (broad SMARTS) is 1. The van der Waals surface area contributed by atoms with Gasteiger partial charge in [-0.15, -0.1) is 0 Å². The Morgan fingerprint density at radius 3 is 2.56 bits per heavy atom. The molecule has 9 nitrogen and oxygen atoms in total. The number of methoxy groups -OCH3 is 1. The minimum Gasteiger partial charge on any atom is -0.477 e. The summed E-state index contributed by atoms with van der Waals surface area (Å²) in [6.45, 7) is 1.76. The summed E-state index contributed by atoms with van der Waals surface area (Å²) in [5.74, 6) is -2.06. The SMILES string of the molecule is COC(=O)c1ccc([C@H](C)NC(=O)c2cc(C(=O)O)n3ccnc3n2)cc1. The van der Waals surface area contributed by atoms with Crippen molar-refractivity contribution in [3.05, 3.63) is 65.2 Å². The van der Waals surface area contributed by atoms with Gasteiger partial charge in [0.05, 0.1) is 18.7 Å². The average Bonchev–Trinajstić information content (AvgIpc) is 3.15. The molecule has 0 bridgehead atoms. The Labute approximate surface area is 153 Å². The Kier molecular flexibility index (Phi) is 4.84. The molecule has 1 atom stereocenters. The molecule has 138 valence electrons. The molecular weight excluding hydrogens is 352 g/mol. The quantitative estimate of drug-likeness (QED) is 0.657. The Hall–Kier alpha value is -3.75. The molecule has 0 aliphatic heterocycles. The van der Waals surface area contributed by atoms with Gasteiger partial charge in [0.1, 0.15) is 11.4 Å². The lowest BCUT2D eigenvalue weighted by atomic mass is 10.1. The number of ether oxygens (including phenoxy) is 1. The van der Waals surface area contributed by atoms with Gasteiger partial charge in [-0.2, -0.15) is 0 Å². The third kappa shape index (κ3) is 3.61. The van der Waals surface area contributed by atoms with Crippen LogP contribution in [-0.4, -0.2) is 44.4 Å². The first-order chi connectivity index (χ1) is 12.9. The first-order valence-electron chi connectivity index (χ1n) is 7.97. The Morgan fingerprint density at radius 1 is 1.22 bits per heavy atom. The average molecular weight is 368 g/mol. The molecule has 0 aliphatic carbocycles. The number of fused-ring (bicyclic) bond motifs is 1. The van der Waals surface area contributed by atoms with Gasteiger partial charge in [-0.25, -0.2) is 19.6 Å². The van der Waals surface area contributed by atoms with Gasteiger partial charge in [-0.3, -0.25) is 9.20 Å². The molecule has 1 amide bonds. The minimum absolute atomic E-state index is 0.0517. The summed E-state index contributed by atoms with van der Waals surface area (Å²) in [6.07, 6.45) is 2.86. The molecule has 0 saturated heterocycles. The van der Waals surface area contributed by atoms with E-state index in [9.17, 15) is 19.5 Å². The van der Waals surface area contributed by atoms with Crippen LogP contribution >= 0.6 is 0 Å². The van der Waals surface area contributed by atoms with Crippen LogP contribution in [0.4, 0.5) is 0 Å². The van der Waals surface area contributed by atoms with Crippen LogP contribution in [0.5, 0.6) is 0 Å². The molecule has 0 unspecified atom stereocenters. The van der Waals surface area contributed by atoms with Crippen molar-refractivity contribution in [2.75, 3.05) is 7.11 Å². The largest absolute Gasteiger partial charge is 0.477 e. The van der Waals surface area contributed by atoms with Crippen molar-refractivity contribution in [3.8, 4) is 0 Å². The zero-order valence-electron chi connectivity index (χ0n) is 14.5. The molecule has 0 saturated carbocycles. The highest BCUT2D eigenvalue weighted by Crippen LogP contribution is 2.15. The highest BCUT2D eigenvalue weighted by atomic mass is 16.5. The predicted octanol–water partition coefficient (Wildman–Crippen LogP) is 1.71. The summed E-state index contributed by atoms with van der Waals surface area (Å²) in [7, 11) is 1.30. The number of hydrogen-bond acceptors (Lipinski definition) is 6. The number of benzene rings is 1. The number of imidazole rings is 1. The fourth-order valence-electron chi connectivity index (χ4n) is 2.57. The van der Waals surface area contributed by atoms with Gasteiger partial charge in [-0.1, -0.05) is 12.1 Å². The van der Waals surface area contributed by atoms with Crippen LogP contribution in [-0.2, 0) is 4.74 Å². The van der Waals surface area contributed by atoms with Crippen molar-refractivity contribution in [2.45, 2.75) is 13.0 Å². The van der Waals surface area contributed by atoms with E-state index in [4.69, 9.17) is 0 Å². The number of nitrogens with one attached hydrogen (secondary N) is 1. The first kappa shape index (κ1) is 18.1. The molecule has 3 rings (SSSR count). The molecule has 2 aromatic heterocycles. The van der Waals surface area contributed by atoms with E-state index < -0.39 is 23.9 Å². The lowest BCUT2D eigenvalue weighted by Gasteiger charge is -2.15. The Morgan fingerprint density at radius 2 is 1.93 bits per heavy atom. The van der Waals surface area contributed by atoms with Gasteiger partial charge in [-0.05, 0) is 24.6 Å². The summed E-state index contributed by atoms with van der Waals surface area (Å²) in [5, 5.41) is 12.1. The summed E-state index contributed by atoms with van der Waals surface area (Å²) in [6, 6.07) is 7.40. The second-order valence-corrected chi connectivity index (χ2v) is 5.74. The topological polar surface area (TPSA) is 123 Å². The zero-order chi connectivity index (χ0) is 19.6. The number of carbonyl (C=O) groups is 3. The second kappa shape index (κ2) is 7.24. The molecule has 2 heterocycles. The van der Waals surface area contributed by atoms with E-state index in [1.54, 1.807) is 31.2 Å². The fourth-order valence-corrected chi connectivity index (χ4v) is 2.57. The monoisotopic (exact) mass is 368 g/mol. The normalized spacial score (nSPS) is 11.8. The molecule has 27 heavy (non-hydrogen) atoms. The first-order valence-corrected chi connectivity index (χ1v) is 7.97. The van der Waals surface area contributed by atoms with Crippen molar-refractivity contribution >= 4 is 23.6 Å². The number of esters is 1. The maximum atomic E-state index is 12.5. The molecular formula is C18H16N4O5. The van der Waals surface area contributed by atoms with E-state index in [-0.39, 0.29) is 17.2 Å². The molecule has 0 radical (unpaired) electrons. The van der Waals surface area contributed by atoms with E-state index in [0.29, 0.717) is 5.56 Å². The number of hydrogen-bond donors (Lipinski definition) is 2. The molecule has 1 aromatic carbocycles. The Bertz CT molecular complexity index is 1030. The third-order valence-electron chi connectivity index (χ3n) is 4.01. The lowest BCUT2D eigenvalue weighted by molar-refractivity contribution is 0.0599. The number of amides is 1. The van der Waals surface area contributed by atoms with Crippen LogP contribution < -0.4 is 5.32 Å². The summed E-state index contributed by atoms with van der Waals surface area (Å²) in [4.78, 5) is 43.4. The summed E-state index contributed by atoms with van der Waals surface area (Å²) < 4.78 is 5.93. The van der Waals surface area contributed by atoms with E-state index in [1.165, 1.54) is 30.0 Å². The van der Waals surface area contributed by atoms with Crippen molar-refractivity contribution in [2.24, 2.45) is 0 Å². The fraction of sp³-hybridized carbons (Fsp3) is 0.167. The van der Waals surface area contributed by atoms with Gasteiger partial charge >= 0.3 is 11.9 Å². The summed E-state index contributed by atoms with van der Waals surface area (Å²) >= 11 is 0. The molecule has 0 spiro atoms. The van der Waals surface area contributed by atoms with Gasteiger partial charge in [0.25, 0.3) is 5.91 Å². The molecule has 9 heteroatoms. The van der Waals surface area contributed by atoms with Crippen LogP contribution in [0.15, 0.2) is 42.7 Å². The van der Waals surface area contributed by atoms with Gasteiger partial charge in [0, 0.05) is 18.5 Å². The standard InChI is InChI=1S/C18H16N4O5/c1-10(11-3-5-12(6-4-11)17(26)27-2)20-15(23)13-9-14(16(24)25)22-8-7-19-18(22)21-13/h3-10H,1-2H3,(H,20,23)(H,24,25)/t10-/m0/s1. The van der Waals surface area contributed by atoms with Crippen molar-refractivity contribution in [3.63, 3.8) is 0 Å². The van der Waals surface area contributed by atoms with E-state index in [1.807, 2.05) is 0 Å². The number of nitrogens with zero attached hydrogens (tertiary/aromatic N) is 3. The third-order valence-corrected chi connectivity index (χ3v) is 4.01. The van der Waals surface area contributed by atoms with Crippen molar-refractivity contribution in [1.82, 2.24) is 19.7 Å². The van der Waals surface area contributed by atoms with Crippen LogP contribution in [0.25, 0.3) is 5.78 Å². The highest BCUT2D eigenvalue weighted by Gasteiger charge is 2.18.